The summed E-state index contributed by atoms with van der Waals surface area (Å²) in [6.45, 7) is 2.58. The highest BCUT2D eigenvalue weighted by Crippen LogP contribution is 2.12. The van der Waals surface area contributed by atoms with E-state index in [1.54, 1.807) is 6.07 Å². The number of nitrogens with one attached hydrogen (secondary N) is 1. The molecule has 5 heteroatoms. The van der Waals surface area contributed by atoms with Crippen LogP contribution in [0, 0.1) is 9.49 Å². The summed E-state index contributed by atoms with van der Waals surface area (Å²) < 4.78 is 0.927. The Morgan fingerprint density at radius 1 is 1.32 bits per heavy atom. The first-order chi connectivity index (χ1) is 9.00. The number of aliphatic carboxylic acids is 1. The van der Waals surface area contributed by atoms with Crippen LogP contribution in [0.4, 0.5) is 0 Å². The van der Waals surface area contributed by atoms with Crippen molar-refractivity contribution in [2.24, 2.45) is 5.92 Å². The zero-order valence-corrected chi connectivity index (χ0v) is 13.0. The molecule has 1 rings (SSSR count). The van der Waals surface area contributed by atoms with Crippen LogP contribution in [-0.2, 0) is 4.79 Å². The Morgan fingerprint density at radius 3 is 2.63 bits per heavy atom. The molecule has 0 heterocycles. The van der Waals surface area contributed by atoms with Crippen LogP contribution in [0.5, 0.6) is 0 Å². The number of benzene rings is 1. The Balaban J connectivity index is 2.31. The van der Waals surface area contributed by atoms with Gasteiger partial charge in [0.1, 0.15) is 0 Å². The number of hydrogen-bond acceptors (Lipinski definition) is 2. The van der Waals surface area contributed by atoms with Gasteiger partial charge < -0.3 is 10.4 Å². The normalized spacial score (nSPS) is 11.9. The predicted molar refractivity (Wildman–Crippen MR) is 82.1 cm³/mol. The number of carbonyl (C=O) groups is 2. The molecule has 0 saturated carbocycles. The monoisotopic (exact) mass is 375 g/mol. The molecule has 0 aliphatic heterocycles. The maximum Gasteiger partial charge on any atom is 0.303 e. The van der Waals surface area contributed by atoms with Gasteiger partial charge in [-0.2, -0.15) is 0 Å². The van der Waals surface area contributed by atoms with Crippen LogP contribution in [0.25, 0.3) is 0 Å². The fourth-order valence-corrected chi connectivity index (χ4v) is 2.32. The van der Waals surface area contributed by atoms with E-state index < -0.39 is 5.97 Å². The second kappa shape index (κ2) is 8.14. The molecule has 0 saturated heterocycles. The molecule has 1 atom stereocenters. The second-order valence-electron chi connectivity index (χ2n) is 4.56. The zero-order valence-electron chi connectivity index (χ0n) is 10.9. The largest absolute Gasteiger partial charge is 0.481 e. The molecule has 2 N–H and O–H groups in total. The molecule has 19 heavy (non-hydrogen) atoms. The molecule has 4 nitrogen and oxygen atoms in total. The van der Waals surface area contributed by atoms with Crippen molar-refractivity contribution in [2.75, 3.05) is 6.54 Å². The third kappa shape index (κ3) is 6.04. The van der Waals surface area contributed by atoms with E-state index in [-0.39, 0.29) is 12.3 Å². The maximum absolute atomic E-state index is 11.9. The molecular formula is C14H18INO3. The molecule has 0 aliphatic rings. The van der Waals surface area contributed by atoms with Crippen molar-refractivity contribution >= 4 is 34.5 Å². The van der Waals surface area contributed by atoms with Crippen molar-refractivity contribution in [3.63, 3.8) is 0 Å². The second-order valence-corrected chi connectivity index (χ2v) is 5.72. The van der Waals surface area contributed by atoms with Crippen molar-refractivity contribution in [2.45, 2.75) is 26.2 Å². The van der Waals surface area contributed by atoms with Crippen LogP contribution in [0.1, 0.15) is 36.5 Å². The lowest BCUT2D eigenvalue weighted by Gasteiger charge is -2.11. The lowest BCUT2D eigenvalue weighted by molar-refractivity contribution is -0.137. The molecule has 0 radical (unpaired) electrons. The number of carboxylic acids is 1. The fraction of sp³-hybridized carbons (Fsp3) is 0.429. The van der Waals surface area contributed by atoms with Gasteiger partial charge >= 0.3 is 5.97 Å². The van der Waals surface area contributed by atoms with Gasteiger partial charge in [-0.1, -0.05) is 19.1 Å². The first-order valence-electron chi connectivity index (χ1n) is 6.25. The van der Waals surface area contributed by atoms with Gasteiger partial charge in [0.25, 0.3) is 5.91 Å². The number of carbonyl (C=O) groups excluding carboxylic acids is 1. The van der Waals surface area contributed by atoms with Gasteiger partial charge in [0.2, 0.25) is 0 Å². The average Bonchev–Trinajstić information content (AvgIpc) is 2.36. The van der Waals surface area contributed by atoms with E-state index in [9.17, 15) is 9.59 Å². The van der Waals surface area contributed by atoms with E-state index in [4.69, 9.17) is 5.11 Å². The Bertz CT molecular complexity index is 448. The van der Waals surface area contributed by atoms with Crippen LogP contribution in [0.2, 0.25) is 0 Å². The Kier molecular flexibility index (Phi) is 6.83. The Morgan fingerprint density at radius 2 is 2.00 bits per heavy atom. The molecular weight excluding hydrogens is 357 g/mol. The lowest BCUT2D eigenvalue weighted by atomic mass is 10.0. The van der Waals surface area contributed by atoms with Gasteiger partial charge in [-0.05, 0) is 53.5 Å². The molecule has 1 aromatic carbocycles. The average molecular weight is 375 g/mol. The first kappa shape index (κ1) is 15.9. The summed E-state index contributed by atoms with van der Waals surface area (Å²) in [5.74, 6) is -0.545. The zero-order chi connectivity index (χ0) is 14.3. The number of hydrogen-bond donors (Lipinski definition) is 2. The highest BCUT2D eigenvalue weighted by molar-refractivity contribution is 14.1. The van der Waals surface area contributed by atoms with E-state index in [2.05, 4.69) is 27.9 Å². The topological polar surface area (TPSA) is 66.4 Å². The minimum Gasteiger partial charge on any atom is -0.481 e. The van der Waals surface area contributed by atoms with Gasteiger partial charge in [-0.25, -0.2) is 0 Å². The van der Waals surface area contributed by atoms with Crippen LogP contribution in [0.15, 0.2) is 24.3 Å². The summed E-state index contributed by atoms with van der Waals surface area (Å²) in [5.41, 5.74) is 0.682. The summed E-state index contributed by atoms with van der Waals surface area (Å²) in [6.07, 6.45) is 1.63. The van der Waals surface area contributed by atoms with E-state index in [1.165, 1.54) is 0 Å². The van der Waals surface area contributed by atoms with Crippen LogP contribution in [0.3, 0.4) is 0 Å². The molecule has 1 aromatic rings. The quantitative estimate of drug-likeness (QED) is 0.721. The highest BCUT2D eigenvalue weighted by Gasteiger charge is 2.10. The van der Waals surface area contributed by atoms with Gasteiger partial charge in [-0.15, -0.1) is 0 Å². The summed E-state index contributed by atoms with van der Waals surface area (Å²) in [7, 11) is 0. The third-order valence-electron chi connectivity index (χ3n) is 2.89. The van der Waals surface area contributed by atoms with Crippen molar-refractivity contribution in [1.29, 1.82) is 0 Å². The lowest BCUT2D eigenvalue weighted by Crippen LogP contribution is -2.26. The van der Waals surface area contributed by atoms with Crippen molar-refractivity contribution in [3.8, 4) is 0 Å². The van der Waals surface area contributed by atoms with Crippen molar-refractivity contribution in [1.82, 2.24) is 5.32 Å². The van der Waals surface area contributed by atoms with Gasteiger partial charge in [-0.3, -0.25) is 9.59 Å². The van der Waals surface area contributed by atoms with E-state index in [1.807, 2.05) is 25.1 Å². The smallest absolute Gasteiger partial charge is 0.303 e. The van der Waals surface area contributed by atoms with E-state index >= 15 is 0 Å². The molecule has 0 spiro atoms. The SMILES string of the molecule is CC(CCNC(=O)c1ccccc1I)CCC(=O)O. The van der Waals surface area contributed by atoms with Crippen LogP contribution >= 0.6 is 22.6 Å². The molecule has 0 aromatic heterocycles. The standard InChI is InChI=1S/C14H18INO3/c1-10(6-7-13(17)18)8-9-16-14(19)11-4-2-3-5-12(11)15/h2-5,10H,6-9H2,1H3,(H,16,19)(H,17,18). The summed E-state index contributed by atoms with van der Waals surface area (Å²) in [6, 6.07) is 7.43. The minimum atomic E-state index is -0.769. The third-order valence-corrected chi connectivity index (χ3v) is 3.83. The summed E-state index contributed by atoms with van der Waals surface area (Å²) in [5, 5.41) is 11.5. The molecule has 0 bridgehead atoms. The number of halogens is 1. The Labute approximate surface area is 126 Å². The van der Waals surface area contributed by atoms with E-state index in [0.717, 1.165) is 9.99 Å². The molecule has 1 amide bonds. The first-order valence-corrected chi connectivity index (χ1v) is 7.33. The van der Waals surface area contributed by atoms with E-state index in [0.29, 0.717) is 24.4 Å². The fourth-order valence-electron chi connectivity index (χ4n) is 1.69. The molecule has 0 aliphatic carbocycles. The number of carboxylic acid groups (broad SMARTS) is 1. The van der Waals surface area contributed by atoms with Gasteiger partial charge in [0, 0.05) is 16.5 Å². The molecule has 104 valence electrons. The molecule has 1 unspecified atom stereocenters. The number of amides is 1. The van der Waals surface area contributed by atoms with Crippen LogP contribution in [-0.4, -0.2) is 23.5 Å². The van der Waals surface area contributed by atoms with Gasteiger partial charge in [0.05, 0.1) is 5.56 Å². The highest BCUT2D eigenvalue weighted by atomic mass is 127. The minimum absolute atomic E-state index is 0.0737. The van der Waals surface area contributed by atoms with Crippen LogP contribution < -0.4 is 5.32 Å². The number of rotatable bonds is 7. The summed E-state index contributed by atoms with van der Waals surface area (Å²) >= 11 is 2.14. The van der Waals surface area contributed by atoms with Gasteiger partial charge in [0.15, 0.2) is 0 Å². The van der Waals surface area contributed by atoms with Crippen molar-refractivity contribution in [3.05, 3.63) is 33.4 Å². The Hall–Kier alpha value is -1.11. The predicted octanol–water partition coefficient (Wildman–Crippen LogP) is 2.91. The summed E-state index contributed by atoms with van der Waals surface area (Å²) in [4.78, 5) is 22.3. The molecule has 0 fully saturated rings. The maximum atomic E-state index is 11.9. The van der Waals surface area contributed by atoms with Crippen molar-refractivity contribution < 1.29 is 14.7 Å².